The molecule has 1 aliphatic rings. The summed E-state index contributed by atoms with van der Waals surface area (Å²) in [5.41, 5.74) is 0.533. The second-order valence-corrected chi connectivity index (χ2v) is 5.45. The van der Waals surface area contributed by atoms with E-state index in [9.17, 15) is 4.79 Å². The second-order valence-electron chi connectivity index (χ2n) is 5.45. The zero-order chi connectivity index (χ0) is 12.2. The molecule has 94 valence electrons. The number of nitrogens with zero attached hydrogens (tertiary/aromatic N) is 1. The zero-order valence-electron chi connectivity index (χ0n) is 11.2. The van der Waals surface area contributed by atoms with Gasteiger partial charge < -0.3 is 10.2 Å². The molecule has 0 saturated heterocycles. The Bertz CT molecular complexity index is 234. The third-order valence-electron chi connectivity index (χ3n) is 3.68. The molecule has 0 aromatic heterocycles. The Kier molecular flexibility index (Phi) is 4.78. The van der Waals surface area contributed by atoms with Crippen LogP contribution in [0.25, 0.3) is 0 Å². The topological polar surface area (TPSA) is 32.3 Å². The fourth-order valence-corrected chi connectivity index (χ4v) is 2.07. The molecule has 1 saturated carbocycles. The summed E-state index contributed by atoms with van der Waals surface area (Å²) in [7, 11) is 1.87. The summed E-state index contributed by atoms with van der Waals surface area (Å²) in [6, 6.07) is 0.292. The van der Waals surface area contributed by atoms with Crippen LogP contribution >= 0.6 is 0 Å². The van der Waals surface area contributed by atoms with Gasteiger partial charge in [-0.15, -0.1) is 0 Å². The van der Waals surface area contributed by atoms with Crippen LogP contribution < -0.4 is 5.32 Å². The van der Waals surface area contributed by atoms with Gasteiger partial charge in [0.1, 0.15) is 0 Å². The van der Waals surface area contributed by atoms with E-state index in [2.05, 4.69) is 12.2 Å². The molecule has 0 radical (unpaired) electrons. The van der Waals surface area contributed by atoms with Crippen molar-refractivity contribution in [2.24, 2.45) is 5.41 Å². The van der Waals surface area contributed by atoms with E-state index < -0.39 is 0 Å². The van der Waals surface area contributed by atoms with Crippen molar-refractivity contribution in [2.75, 3.05) is 20.1 Å². The first-order valence-electron chi connectivity index (χ1n) is 6.47. The molecule has 1 amide bonds. The van der Waals surface area contributed by atoms with Gasteiger partial charge in [-0.1, -0.05) is 13.3 Å². The Morgan fingerprint density at radius 2 is 2.06 bits per heavy atom. The first kappa shape index (κ1) is 13.5. The lowest BCUT2D eigenvalue weighted by Gasteiger charge is -2.22. The maximum absolute atomic E-state index is 11.7. The fourth-order valence-electron chi connectivity index (χ4n) is 2.07. The van der Waals surface area contributed by atoms with Crippen LogP contribution in [0, 0.1) is 5.41 Å². The highest BCUT2D eigenvalue weighted by Crippen LogP contribution is 2.48. The van der Waals surface area contributed by atoms with Crippen molar-refractivity contribution in [1.29, 1.82) is 0 Å². The Morgan fingerprint density at radius 3 is 2.50 bits per heavy atom. The number of carbonyl (C=O) groups excluding carboxylic acids is 1. The van der Waals surface area contributed by atoms with Crippen LogP contribution in [-0.4, -0.2) is 37.0 Å². The monoisotopic (exact) mass is 226 g/mol. The van der Waals surface area contributed by atoms with E-state index in [-0.39, 0.29) is 5.91 Å². The molecule has 16 heavy (non-hydrogen) atoms. The quantitative estimate of drug-likeness (QED) is 0.720. The Balaban J connectivity index is 2.18. The molecule has 3 heteroatoms. The molecule has 1 N–H and O–H groups in total. The summed E-state index contributed by atoms with van der Waals surface area (Å²) in [4.78, 5) is 13.5. The van der Waals surface area contributed by atoms with Gasteiger partial charge in [-0.05, 0) is 38.5 Å². The molecule has 0 aromatic carbocycles. The SMILES string of the molecule is CCCC1(CNCC(=O)N(C)C(C)C)CC1. The highest BCUT2D eigenvalue weighted by Gasteiger charge is 2.40. The first-order valence-corrected chi connectivity index (χ1v) is 6.47. The van der Waals surface area contributed by atoms with E-state index in [1.54, 1.807) is 4.90 Å². The molecule has 3 nitrogen and oxygen atoms in total. The summed E-state index contributed by atoms with van der Waals surface area (Å²) in [5, 5.41) is 3.32. The van der Waals surface area contributed by atoms with Crippen LogP contribution in [-0.2, 0) is 4.79 Å². The van der Waals surface area contributed by atoms with Gasteiger partial charge >= 0.3 is 0 Å². The molecule has 0 aromatic rings. The molecule has 0 heterocycles. The van der Waals surface area contributed by atoms with E-state index in [1.165, 1.54) is 25.7 Å². The Labute approximate surface area is 99.6 Å². The highest BCUT2D eigenvalue weighted by atomic mass is 16.2. The number of nitrogens with one attached hydrogen (secondary N) is 1. The van der Waals surface area contributed by atoms with Gasteiger partial charge in [0.15, 0.2) is 0 Å². The zero-order valence-corrected chi connectivity index (χ0v) is 11.2. The fraction of sp³-hybridized carbons (Fsp3) is 0.923. The van der Waals surface area contributed by atoms with Crippen LogP contribution in [0.5, 0.6) is 0 Å². The number of rotatable bonds is 7. The van der Waals surface area contributed by atoms with Crippen LogP contribution in [0.1, 0.15) is 46.5 Å². The Hall–Kier alpha value is -0.570. The molecular weight excluding hydrogens is 200 g/mol. The number of hydrogen-bond donors (Lipinski definition) is 1. The summed E-state index contributed by atoms with van der Waals surface area (Å²) in [6.45, 7) is 7.81. The molecule has 0 bridgehead atoms. The predicted molar refractivity (Wildman–Crippen MR) is 67.4 cm³/mol. The predicted octanol–water partition coefficient (Wildman–Crippen LogP) is 2.02. The van der Waals surface area contributed by atoms with E-state index in [4.69, 9.17) is 0 Å². The molecule has 1 fully saturated rings. The van der Waals surface area contributed by atoms with Crippen LogP contribution in [0.15, 0.2) is 0 Å². The number of hydrogen-bond acceptors (Lipinski definition) is 2. The lowest BCUT2D eigenvalue weighted by Crippen LogP contribution is -2.40. The summed E-state index contributed by atoms with van der Waals surface area (Å²) in [5.74, 6) is 0.197. The van der Waals surface area contributed by atoms with Crippen molar-refractivity contribution < 1.29 is 4.79 Å². The van der Waals surface area contributed by atoms with Gasteiger partial charge in [0.2, 0.25) is 5.91 Å². The van der Waals surface area contributed by atoms with Gasteiger partial charge in [-0.3, -0.25) is 4.79 Å². The van der Waals surface area contributed by atoms with Crippen molar-refractivity contribution in [3.05, 3.63) is 0 Å². The molecular formula is C13H26N2O. The summed E-state index contributed by atoms with van der Waals surface area (Å²) >= 11 is 0. The molecule has 0 atom stereocenters. The molecule has 0 spiro atoms. The highest BCUT2D eigenvalue weighted by molar-refractivity contribution is 5.78. The molecule has 0 unspecified atom stereocenters. The molecule has 0 aliphatic heterocycles. The van der Waals surface area contributed by atoms with Crippen molar-refractivity contribution in [1.82, 2.24) is 10.2 Å². The van der Waals surface area contributed by atoms with Gasteiger partial charge in [-0.25, -0.2) is 0 Å². The molecule has 1 aliphatic carbocycles. The van der Waals surface area contributed by atoms with E-state index in [0.29, 0.717) is 18.0 Å². The minimum atomic E-state index is 0.197. The maximum Gasteiger partial charge on any atom is 0.236 e. The summed E-state index contributed by atoms with van der Waals surface area (Å²) in [6.07, 6.45) is 5.22. The van der Waals surface area contributed by atoms with Crippen LogP contribution in [0.2, 0.25) is 0 Å². The van der Waals surface area contributed by atoms with Gasteiger partial charge in [-0.2, -0.15) is 0 Å². The minimum absolute atomic E-state index is 0.197. The standard InChI is InChI=1S/C13H26N2O/c1-5-6-13(7-8-13)10-14-9-12(16)15(4)11(2)3/h11,14H,5-10H2,1-4H3. The van der Waals surface area contributed by atoms with E-state index in [0.717, 1.165) is 6.54 Å². The van der Waals surface area contributed by atoms with Crippen molar-refractivity contribution >= 4 is 5.91 Å². The average Bonchev–Trinajstić information content (AvgIpc) is 2.97. The third kappa shape index (κ3) is 3.78. The van der Waals surface area contributed by atoms with Gasteiger partial charge in [0.25, 0.3) is 0 Å². The van der Waals surface area contributed by atoms with E-state index in [1.807, 2.05) is 20.9 Å². The van der Waals surface area contributed by atoms with E-state index >= 15 is 0 Å². The average molecular weight is 226 g/mol. The largest absolute Gasteiger partial charge is 0.342 e. The molecule has 1 rings (SSSR count). The smallest absolute Gasteiger partial charge is 0.236 e. The van der Waals surface area contributed by atoms with Crippen LogP contribution in [0.3, 0.4) is 0 Å². The van der Waals surface area contributed by atoms with Crippen molar-refractivity contribution in [3.63, 3.8) is 0 Å². The van der Waals surface area contributed by atoms with Crippen molar-refractivity contribution in [3.8, 4) is 0 Å². The second kappa shape index (κ2) is 5.67. The lowest BCUT2D eigenvalue weighted by molar-refractivity contribution is -0.130. The number of amides is 1. The number of carbonyl (C=O) groups is 1. The van der Waals surface area contributed by atoms with Gasteiger partial charge in [0.05, 0.1) is 6.54 Å². The minimum Gasteiger partial charge on any atom is -0.342 e. The Morgan fingerprint density at radius 1 is 1.44 bits per heavy atom. The van der Waals surface area contributed by atoms with Crippen LogP contribution in [0.4, 0.5) is 0 Å². The number of likely N-dealkylation sites (N-methyl/N-ethyl adjacent to an activating group) is 1. The normalized spacial score (nSPS) is 17.6. The third-order valence-corrected chi connectivity index (χ3v) is 3.68. The maximum atomic E-state index is 11.7. The van der Waals surface area contributed by atoms with Crippen molar-refractivity contribution in [2.45, 2.75) is 52.5 Å². The van der Waals surface area contributed by atoms with Gasteiger partial charge in [0, 0.05) is 19.6 Å². The lowest BCUT2D eigenvalue weighted by atomic mass is 10.0. The first-order chi connectivity index (χ1) is 7.51. The summed E-state index contributed by atoms with van der Waals surface area (Å²) < 4.78 is 0.